The molecule has 26 heavy (non-hydrogen) atoms. The second-order valence-corrected chi connectivity index (χ2v) is 6.87. The number of fused-ring (bicyclic) bond motifs is 5. The average molecular weight is 339 g/mol. The van der Waals surface area contributed by atoms with E-state index in [1.54, 1.807) is 0 Å². The van der Waals surface area contributed by atoms with Gasteiger partial charge in [-0.3, -0.25) is 0 Å². The maximum Gasteiger partial charge on any atom is 0.234 e. The second-order valence-electron chi connectivity index (χ2n) is 6.87. The Morgan fingerprint density at radius 1 is 0.885 bits per heavy atom. The number of aryl methyl sites for hydroxylation is 3. The molecule has 0 unspecified atom stereocenters. The Morgan fingerprint density at radius 2 is 1.58 bits per heavy atom. The van der Waals surface area contributed by atoms with Gasteiger partial charge in [0, 0.05) is 10.8 Å². The predicted octanol–water partition coefficient (Wildman–Crippen LogP) is 5.24. The summed E-state index contributed by atoms with van der Waals surface area (Å²) in [6, 6.07) is 16.8. The van der Waals surface area contributed by atoms with Crippen molar-refractivity contribution >= 4 is 32.7 Å². The van der Waals surface area contributed by atoms with Crippen LogP contribution < -0.4 is 4.57 Å². The first-order chi connectivity index (χ1) is 12.6. The average Bonchev–Trinajstić information content (AvgIpc) is 3.03. The van der Waals surface area contributed by atoms with Gasteiger partial charge in [-0.1, -0.05) is 42.5 Å². The molecule has 0 saturated heterocycles. The van der Waals surface area contributed by atoms with Crippen LogP contribution >= 0.6 is 0 Å². The molecule has 0 fully saturated rings. The molecule has 2 aromatic heterocycles. The van der Waals surface area contributed by atoms with Gasteiger partial charge < -0.3 is 4.42 Å². The fourth-order valence-electron chi connectivity index (χ4n) is 4.01. The fraction of sp³-hybridized carbons (Fsp3) is 0.130. The van der Waals surface area contributed by atoms with Gasteiger partial charge in [-0.15, -0.1) is 0 Å². The highest BCUT2D eigenvalue weighted by Gasteiger charge is 2.24. The van der Waals surface area contributed by atoms with E-state index in [9.17, 15) is 0 Å². The SMILES string of the molecule is Cc1c[n+](C)c(-c2c(C)c3ccccc3c3c2oc2ccccc23)cn1. The molecule has 0 saturated carbocycles. The van der Waals surface area contributed by atoms with Gasteiger partial charge in [0.15, 0.2) is 6.20 Å². The summed E-state index contributed by atoms with van der Waals surface area (Å²) in [4.78, 5) is 4.54. The number of benzene rings is 3. The van der Waals surface area contributed by atoms with Crippen molar-refractivity contribution in [1.29, 1.82) is 0 Å². The van der Waals surface area contributed by atoms with Crippen LogP contribution in [0.2, 0.25) is 0 Å². The first-order valence-corrected chi connectivity index (χ1v) is 8.80. The van der Waals surface area contributed by atoms with E-state index in [0.717, 1.165) is 33.5 Å². The van der Waals surface area contributed by atoms with E-state index < -0.39 is 0 Å². The smallest absolute Gasteiger partial charge is 0.234 e. The molecule has 0 amide bonds. The number of aromatic nitrogens is 2. The highest BCUT2D eigenvalue weighted by molar-refractivity contribution is 6.23. The summed E-state index contributed by atoms with van der Waals surface area (Å²) in [5.74, 6) is 0. The third-order valence-electron chi connectivity index (χ3n) is 5.21. The lowest BCUT2D eigenvalue weighted by atomic mass is 9.93. The molecule has 5 rings (SSSR count). The van der Waals surface area contributed by atoms with Crippen LogP contribution in [0.1, 0.15) is 11.3 Å². The fourth-order valence-corrected chi connectivity index (χ4v) is 4.01. The second kappa shape index (κ2) is 5.40. The molecule has 0 N–H and O–H groups in total. The van der Waals surface area contributed by atoms with Crippen molar-refractivity contribution in [3.63, 3.8) is 0 Å². The highest BCUT2D eigenvalue weighted by Crippen LogP contribution is 2.42. The van der Waals surface area contributed by atoms with E-state index >= 15 is 0 Å². The van der Waals surface area contributed by atoms with Gasteiger partial charge in [-0.25, -0.2) is 4.98 Å². The molecule has 3 heteroatoms. The van der Waals surface area contributed by atoms with Crippen LogP contribution in [0.15, 0.2) is 65.3 Å². The van der Waals surface area contributed by atoms with Gasteiger partial charge in [0.25, 0.3) is 0 Å². The van der Waals surface area contributed by atoms with Crippen molar-refractivity contribution < 1.29 is 8.98 Å². The first-order valence-electron chi connectivity index (χ1n) is 8.80. The number of furan rings is 1. The molecule has 5 aromatic rings. The van der Waals surface area contributed by atoms with Crippen LogP contribution in [0.5, 0.6) is 0 Å². The first kappa shape index (κ1) is 15.1. The lowest BCUT2D eigenvalue weighted by Crippen LogP contribution is -2.31. The molecule has 2 heterocycles. The maximum absolute atomic E-state index is 6.37. The zero-order valence-corrected chi connectivity index (χ0v) is 15.1. The zero-order chi connectivity index (χ0) is 17.8. The number of hydrogen-bond donors (Lipinski definition) is 0. The number of rotatable bonds is 1. The Labute approximate surface area is 151 Å². The summed E-state index contributed by atoms with van der Waals surface area (Å²) in [6.07, 6.45) is 4.00. The van der Waals surface area contributed by atoms with Gasteiger partial charge in [0.1, 0.15) is 23.9 Å². The molecule has 3 nitrogen and oxygen atoms in total. The van der Waals surface area contributed by atoms with Gasteiger partial charge in [-0.2, -0.15) is 4.57 Å². The third kappa shape index (κ3) is 2.00. The van der Waals surface area contributed by atoms with Crippen LogP contribution in [0.25, 0.3) is 44.0 Å². The van der Waals surface area contributed by atoms with Gasteiger partial charge in [0.05, 0.1) is 11.8 Å². The Balaban J connectivity index is 2.07. The van der Waals surface area contributed by atoms with Crippen LogP contribution in [0, 0.1) is 13.8 Å². The number of para-hydroxylation sites is 1. The Kier molecular flexibility index (Phi) is 3.13. The molecular formula is C23H19N2O+. The Bertz CT molecular complexity index is 1310. The third-order valence-corrected chi connectivity index (χ3v) is 5.21. The topological polar surface area (TPSA) is 29.9 Å². The van der Waals surface area contributed by atoms with Crippen molar-refractivity contribution in [2.75, 3.05) is 0 Å². The Hall–Kier alpha value is -3.20. The maximum atomic E-state index is 6.37. The van der Waals surface area contributed by atoms with Crippen molar-refractivity contribution in [1.82, 2.24) is 4.98 Å². The summed E-state index contributed by atoms with van der Waals surface area (Å²) in [6.45, 7) is 4.18. The molecule has 0 spiro atoms. The van der Waals surface area contributed by atoms with Crippen molar-refractivity contribution in [3.05, 3.63) is 72.2 Å². The molecule has 0 radical (unpaired) electrons. The van der Waals surface area contributed by atoms with Crippen LogP contribution in [0.4, 0.5) is 0 Å². The lowest BCUT2D eigenvalue weighted by molar-refractivity contribution is -0.661. The molecule has 0 bridgehead atoms. The molecule has 0 aliphatic rings. The van der Waals surface area contributed by atoms with Crippen molar-refractivity contribution in [2.45, 2.75) is 13.8 Å². The molecule has 126 valence electrons. The summed E-state index contributed by atoms with van der Waals surface area (Å²) in [5.41, 5.74) is 6.24. The molecule has 0 aliphatic carbocycles. The summed E-state index contributed by atoms with van der Waals surface area (Å²) in [5, 5.41) is 4.82. The van der Waals surface area contributed by atoms with E-state index in [1.165, 1.54) is 21.7 Å². The summed E-state index contributed by atoms with van der Waals surface area (Å²) in [7, 11) is 2.06. The minimum atomic E-state index is 0.919. The standard InChI is InChI=1S/C23H19N2O/c1-14-13-25(3)19(12-24-14)21-15(2)16-8-4-5-9-17(16)22-18-10-6-7-11-20(18)26-23(21)22/h4-13H,1-3H3/q+1. The van der Waals surface area contributed by atoms with E-state index in [1.807, 2.05) is 25.3 Å². The van der Waals surface area contributed by atoms with E-state index in [2.05, 4.69) is 66.1 Å². The van der Waals surface area contributed by atoms with Crippen molar-refractivity contribution in [3.8, 4) is 11.3 Å². The Morgan fingerprint density at radius 3 is 2.35 bits per heavy atom. The van der Waals surface area contributed by atoms with Gasteiger partial charge in [-0.05, 0) is 36.2 Å². The van der Waals surface area contributed by atoms with Gasteiger partial charge >= 0.3 is 0 Å². The minimum Gasteiger partial charge on any atom is -0.455 e. The van der Waals surface area contributed by atoms with Crippen LogP contribution in [-0.4, -0.2) is 4.98 Å². The van der Waals surface area contributed by atoms with Crippen molar-refractivity contribution in [2.24, 2.45) is 7.05 Å². The van der Waals surface area contributed by atoms with Gasteiger partial charge in [0.2, 0.25) is 5.69 Å². The van der Waals surface area contributed by atoms with E-state index in [-0.39, 0.29) is 0 Å². The van der Waals surface area contributed by atoms with E-state index in [4.69, 9.17) is 4.42 Å². The van der Waals surface area contributed by atoms with E-state index in [0.29, 0.717) is 0 Å². The quantitative estimate of drug-likeness (QED) is 0.391. The zero-order valence-electron chi connectivity index (χ0n) is 15.1. The number of nitrogens with zero attached hydrogens (tertiary/aromatic N) is 2. The molecule has 0 atom stereocenters. The predicted molar refractivity (Wildman–Crippen MR) is 105 cm³/mol. The lowest BCUT2D eigenvalue weighted by Gasteiger charge is -2.10. The molecule has 3 aromatic carbocycles. The summed E-state index contributed by atoms with van der Waals surface area (Å²) >= 11 is 0. The number of hydrogen-bond acceptors (Lipinski definition) is 2. The summed E-state index contributed by atoms with van der Waals surface area (Å²) < 4.78 is 8.50. The minimum absolute atomic E-state index is 0.919. The molecule has 0 aliphatic heterocycles. The molecular weight excluding hydrogens is 320 g/mol. The van der Waals surface area contributed by atoms with Crippen LogP contribution in [-0.2, 0) is 7.05 Å². The monoisotopic (exact) mass is 339 g/mol. The highest BCUT2D eigenvalue weighted by atomic mass is 16.3. The van der Waals surface area contributed by atoms with Crippen LogP contribution in [0.3, 0.4) is 0 Å². The normalized spacial score (nSPS) is 11.7. The largest absolute Gasteiger partial charge is 0.455 e.